The Hall–Kier alpha value is -3.08. The molecule has 24 heavy (non-hydrogen) atoms. The highest BCUT2D eigenvalue weighted by molar-refractivity contribution is 6.01. The molecule has 2 rings (SSSR count). The zero-order valence-corrected chi connectivity index (χ0v) is 13.8. The van der Waals surface area contributed by atoms with Gasteiger partial charge in [-0.1, -0.05) is 24.8 Å². The van der Waals surface area contributed by atoms with Crippen LogP contribution in [0.4, 0.5) is 0 Å². The van der Waals surface area contributed by atoms with E-state index in [2.05, 4.69) is 17.1 Å². The number of nitrogens with zero attached hydrogens (tertiary/aromatic N) is 1. The van der Waals surface area contributed by atoms with Gasteiger partial charge in [0.1, 0.15) is 18.1 Å². The first kappa shape index (κ1) is 17.3. The molecule has 1 N–H and O–H groups in total. The molecule has 0 aliphatic carbocycles. The summed E-state index contributed by atoms with van der Waals surface area (Å²) in [6.45, 7) is 5.75. The van der Waals surface area contributed by atoms with Gasteiger partial charge in [0, 0.05) is 0 Å². The Balaban J connectivity index is 2.10. The molecule has 2 aromatic carbocycles. The van der Waals surface area contributed by atoms with Crippen LogP contribution in [0.15, 0.2) is 66.3 Å². The lowest BCUT2D eigenvalue weighted by Crippen LogP contribution is -2.20. The number of hydrazone groups is 1. The van der Waals surface area contributed by atoms with Gasteiger partial charge in [-0.05, 0) is 48.9 Å². The summed E-state index contributed by atoms with van der Waals surface area (Å²) in [4.78, 5) is 12.3. The molecule has 0 radical (unpaired) electrons. The molecule has 0 bridgehead atoms. The van der Waals surface area contributed by atoms with Crippen molar-refractivity contribution in [3.05, 3.63) is 72.3 Å². The molecule has 124 valence electrons. The highest BCUT2D eigenvalue weighted by Crippen LogP contribution is 2.18. The van der Waals surface area contributed by atoms with Crippen LogP contribution in [0.5, 0.6) is 11.5 Å². The van der Waals surface area contributed by atoms with E-state index in [1.165, 1.54) is 0 Å². The lowest BCUT2D eigenvalue weighted by atomic mass is 10.1. The molecule has 0 spiro atoms. The molecule has 0 atom stereocenters. The summed E-state index contributed by atoms with van der Waals surface area (Å²) in [7, 11) is 1.61. The standard InChI is InChI=1S/C19H20N2O3/c1-4-13-24-18-8-6-5-7-17(18)19(22)21-20-14(2)15-9-11-16(23-3)12-10-15/h4-12H,1,13H2,2-3H3,(H,21,22). The van der Waals surface area contributed by atoms with Gasteiger partial charge in [0.05, 0.1) is 18.4 Å². The van der Waals surface area contributed by atoms with Crippen molar-refractivity contribution in [1.82, 2.24) is 5.43 Å². The average Bonchev–Trinajstić information content (AvgIpc) is 2.64. The summed E-state index contributed by atoms with van der Waals surface area (Å²) < 4.78 is 10.6. The third kappa shape index (κ3) is 4.46. The van der Waals surface area contributed by atoms with Gasteiger partial charge in [-0.25, -0.2) is 5.43 Å². The minimum Gasteiger partial charge on any atom is -0.497 e. The van der Waals surface area contributed by atoms with Crippen LogP contribution in [0, 0.1) is 0 Å². The predicted molar refractivity (Wildman–Crippen MR) is 94.8 cm³/mol. The molecule has 0 heterocycles. The number of ether oxygens (including phenoxy) is 2. The number of hydrogen-bond donors (Lipinski definition) is 1. The summed E-state index contributed by atoms with van der Waals surface area (Å²) in [5, 5.41) is 4.15. The highest BCUT2D eigenvalue weighted by atomic mass is 16.5. The first-order valence-electron chi connectivity index (χ1n) is 7.47. The normalized spacial score (nSPS) is 10.8. The van der Waals surface area contributed by atoms with Crippen molar-refractivity contribution in [3.8, 4) is 11.5 Å². The van der Waals surface area contributed by atoms with Crippen molar-refractivity contribution in [2.45, 2.75) is 6.92 Å². The van der Waals surface area contributed by atoms with E-state index in [4.69, 9.17) is 9.47 Å². The van der Waals surface area contributed by atoms with Gasteiger partial charge >= 0.3 is 0 Å². The van der Waals surface area contributed by atoms with Crippen molar-refractivity contribution in [3.63, 3.8) is 0 Å². The van der Waals surface area contributed by atoms with E-state index in [-0.39, 0.29) is 5.91 Å². The maximum atomic E-state index is 12.3. The number of hydrogen-bond acceptors (Lipinski definition) is 4. The van der Waals surface area contributed by atoms with Gasteiger partial charge in [-0.3, -0.25) is 4.79 Å². The van der Waals surface area contributed by atoms with Gasteiger partial charge < -0.3 is 9.47 Å². The van der Waals surface area contributed by atoms with E-state index in [1.54, 1.807) is 37.5 Å². The van der Waals surface area contributed by atoms with Gasteiger partial charge in [0.2, 0.25) is 0 Å². The summed E-state index contributed by atoms with van der Waals surface area (Å²) in [5.41, 5.74) is 4.56. The maximum absolute atomic E-state index is 12.3. The lowest BCUT2D eigenvalue weighted by molar-refractivity contribution is 0.0951. The second kappa shape index (κ2) is 8.53. The predicted octanol–water partition coefficient (Wildman–Crippen LogP) is 3.41. The van der Waals surface area contributed by atoms with Crippen LogP contribution >= 0.6 is 0 Å². The molecular weight excluding hydrogens is 304 g/mol. The zero-order chi connectivity index (χ0) is 17.4. The van der Waals surface area contributed by atoms with E-state index < -0.39 is 0 Å². The highest BCUT2D eigenvalue weighted by Gasteiger charge is 2.11. The van der Waals surface area contributed by atoms with Crippen LogP contribution in [0.3, 0.4) is 0 Å². The fourth-order valence-electron chi connectivity index (χ4n) is 2.02. The number of amides is 1. The zero-order valence-electron chi connectivity index (χ0n) is 13.8. The number of para-hydroxylation sites is 1. The van der Waals surface area contributed by atoms with Crippen LogP contribution in [0.1, 0.15) is 22.8 Å². The first-order chi connectivity index (χ1) is 11.7. The van der Waals surface area contributed by atoms with Crippen molar-refractivity contribution in [2.24, 2.45) is 5.10 Å². The fourth-order valence-corrected chi connectivity index (χ4v) is 2.02. The van der Waals surface area contributed by atoms with E-state index in [9.17, 15) is 4.79 Å². The number of nitrogens with one attached hydrogen (secondary N) is 1. The van der Waals surface area contributed by atoms with Crippen LogP contribution in [-0.2, 0) is 0 Å². The first-order valence-corrected chi connectivity index (χ1v) is 7.47. The Bertz CT molecular complexity index is 737. The van der Waals surface area contributed by atoms with Gasteiger partial charge in [0.15, 0.2) is 0 Å². The number of methoxy groups -OCH3 is 1. The van der Waals surface area contributed by atoms with Gasteiger partial charge in [-0.15, -0.1) is 0 Å². The van der Waals surface area contributed by atoms with Crippen molar-refractivity contribution in [2.75, 3.05) is 13.7 Å². The molecule has 1 amide bonds. The minimum absolute atomic E-state index is 0.331. The second-order valence-electron chi connectivity index (χ2n) is 4.96. The summed E-state index contributed by atoms with van der Waals surface area (Å²) in [6.07, 6.45) is 1.63. The Morgan fingerprint density at radius 1 is 1.21 bits per heavy atom. The molecule has 0 fully saturated rings. The maximum Gasteiger partial charge on any atom is 0.275 e. The largest absolute Gasteiger partial charge is 0.497 e. The molecule has 5 nitrogen and oxygen atoms in total. The van der Waals surface area contributed by atoms with E-state index in [0.29, 0.717) is 23.6 Å². The van der Waals surface area contributed by atoms with Crippen molar-refractivity contribution < 1.29 is 14.3 Å². The van der Waals surface area contributed by atoms with Crippen LogP contribution < -0.4 is 14.9 Å². The summed E-state index contributed by atoms with van der Waals surface area (Å²) in [6, 6.07) is 14.4. The van der Waals surface area contributed by atoms with Crippen LogP contribution in [0.2, 0.25) is 0 Å². The lowest BCUT2D eigenvalue weighted by Gasteiger charge is -2.09. The molecule has 0 aliphatic rings. The molecule has 0 aromatic heterocycles. The number of carbonyl (C=O) groups excluding carboxylic acids is 1. The SMILES string of the molecule is C=CCOc1ccccc1C(=O)NN=C(C)c1ccc(OC)cc1. The number of rotatable bonds is 7. The van der Waals surface area contributed by atoms with Gasteiger partial charge in [0.25, 0.3) is 5.91 Å². The second-order valence-corrected chi connectivity index (χ2v) is 4.96. The molecule has 2 aromatic rings. The van der Waals surface area contributed by atoms with Crippen molar-refractivity contribution >= 4 is 11.6 Å². The Labute approximate surface area is 141 Å². The van der Waals surface area contributed by atoms with E-state index in [1.807, 2.05) is 31.2 Å². The summed E-state index contributed by atoms with van der Waals surface area (Å²) in [5.74, 6) is 0.929. The third-order valence-corrected chi connectivity index (χ3v) is 3.32. The Morgan fingerprint density at radius 2 is 1.92 bits per heavy atom. The molecular formula is C19H20N2O3. The summed E-state index contributed by atoms with van der Waals surface area (Å²) >= 11 is 0. The Morgan fingerprint density at radius 3 is 2.58 bits per heavy atom. The van der Waals surface area contributed by atoms with E-state index in [0.717, 1.165) is 11.3 Å². The van der Waals surface area contributed by atoms with Crippen LogP contribution in [-0.4, -0.2) is 25.3 Å². The third-order valence-electron chi connectivity index (χ3n) is 3.32. The fraction of sp³-hybridized carbons (Fsp3) is 0.158. The van der Waals surface area contributed by atoms with Crippen LogP contribution in [0.25, 0.3) is 0 Å². The Kier molecular flexibility index (Phi) is 6.14. The number of benzene rings is 2. The molecule has 0 saturated heterocycles. The molecule has 0 aliphatic heterocycles. The van der Waals surface area contributed by atoms with Crippen molar-refractivity contribution in [1.29, 1.82) is 0 Å². The minimum atomic E-state index is -0.331. The molecule has 0 unspecified atom stereocenters. The van der Waals surface area contributed by atoms with E-state index >= 15 is 0 Å². The monoisotopic (exact) mass is 324 g/mol. The average molecular weight is 324 g/mol. The molecule has 5 heteroatoms. The smallest absolute Gasteiger partial charge is 0.275 e. The van der Waals surface area contributed by atoms with Gasteiger partial charge in [-0.2, -0.15) is 5.10 Å². The topological polar surface area (TPSA) is 59.9 Å². The number of carbonyl (C=O) groups is 1. The molecule has 0 saturated carbocycles. The quantitative estimate of drug-likeness (QED) is 0.482.